The van der Waals surface area contributed by atoms with Crippen molar-refractivity contribution in [2.24, 2.45) is 0 Å². The zero-order valence-corrected chi connectivity index (χ0v) is 16.0. The summed E-state index contributed by atoms with van der Waals surface area (Å²) in [6, 6.07) is 13.9. The monoisotopic (exact) mass is 384 g/mol. The summed E-state index contributed by atoms with van der Waals surface area (Å²) < 4.78 is 13.0. The first kappa shape index (κ1) is 19.7. The molecule has 1 heterocycles. The van der Waals surface area contributed by atoms with Crippen LogP contribution in [0.2, 0.25) is 0 Å². The molecular formula is C21H25FN4O2. The van der Waals surface area contributed by atoms with Crippen LogP contribution < -0.4 is 15.5 Å². The Bertz CT molecular complexity index is 817. The van der Waals surface area contributed by atoms with Gasteiger partial charge in [0, 0.05) is 63.1 Å². The molecule has 1 fully saturated rings. The number of piperazine rings is 1. The Labute approximate surface area is 164 Å². The Kier molecular flexibility index (Phi) is 6.47. The fourth-order valence-electron chi connectivity index (χ4n) is 3.25. The minimum Gasteiger partial charge on any atom is -0.384 e. The third kappa shape index (κ3) is 5.45. The van der Waals surface area contributed by atoms with Gasteiger partial charge in [-0.2, -0.15) is 0 Å². The van der Waals surface area contributed by atoms with Crippen molar-refractivity contribution >= 4 is 28.9 Å². The first-order valence-electron chi connectivity index (χ1n) is 9.41. The fraction of sp³-hybridized carbons (Fsp3) is 0.333. The molecule has 0 atom stereocenters. The van der Waals surface area contributed by atoms with Crippen molar-refractivity contribution in [3.05, 3.63) is 54.3 Å². The Balaban J connectivity index is 1.42. The summed E-state index contributed by atoms with van der Waals surface area (Å²) in [6.07, 6.45) is 0.404. The normalized spacial score (nSPS) is 13.9. The van der Waals surface area contributed by atoms with Crippen LogP contribution in [0.4, 0.5) is 21.5 Å². The number of halogens is 1. The van der Waals surface area contributed by atoms with Gasteiger partial charge < -0.3 is 20.4 Å². The molecule has 3 rings (SSSR count). The van der Waals surface area contributed by atoms with Crippen LogP contribution in [-0.4, -0.2) is 49.4 Å². The van der Waals surface area contributed by atoms with Gasteiger partial charge in [-0.1, -0.05) is 6.07 Å². The maximum Gasteiger partial charge on any atom is 0.224 e. The lowest BCUT2D eigenvalue weighted by atomic mass is 10.2. The highest BCUT2D eigenvalue weighted by atomic mass is 19.1. The predicted octanol–water partition coefficient (Wildman–Crippen LogP) is 2.93. The highest BCUT2D eigenvalue weighted by Gasteiger charge is 2.20. The van der Waals surface area contributed by atoms with Crippen molar-refractivity contribution in [3.8, 4) is 0 Å². The highest BCUT2D eigenvalue weighted by molar-refractivity contribution is 5.89. The molecule has 7 heteroatoms. The van der Waals surface area contributed by atoms with Crippen LogP contribution in [-0.2, 0) is 9.59 Å². The molecule has 0 bridgehead atoms. The fourth-order valence-corrected chi connectivity index (χ4v) is 3.25. The molecule has 0 unspecified atom stereocenters. The van der Waals surface area contributed by atoms with Crippen molar-refractivity contribution < 1.29 is 14.0 Å². The highest BCUT2D eigenvalue weighted by Crippen LogP contribution is 2.18. The Morgan fingerprint density at radius 2 is 1.68 bits per heavy atom. The Morgan fingerprint density at radius 1 is 1.00 bits per heavy atom. The van der Waals surface area contributed by atoms with E-state index in [1.165, 1.54) is 19.1 Å². The predicted molar refractivity (Wildman–Crippen MR) is 109 cm³/mol. The third-order valence-corrected chi connectivity index (χ3v) is 4.68. The molecular weight excluding hydrogens is 359 g/mol. The van der Waals surface area contributed by atoms with E-state index in [4.69, 9.17) is 0 Å². The number of anilines is 3. The van der Waals surface area contributed by atoms with Gasteiger partial charge >= 0.3 is 0 Å². The van der Waals surface area contributed by atoms with Crippen LogP contribution in [0, 0.1) is 5.82 Å². The van der Waals surface area contributed by atoms with Gasteiger partial charge in [-0.15, -0.1) is 0 Å². The second kappa shape index (κ2) is 9.21. The standard InChI is InChI=1S/C21H25FN4O2/c1-16(27)24-19-4-2-3-18(15-19)23-10-9-21(28)26-13-11-25(12-14-26)20-7-5-17(22)6-8-20/h2-8,15,23H,9-14H2,1H3,(H,24,27). The van der Waals surface area contributed by atoms with Gasteiger partial charge in [0.05, 0.1) is 0 Å². The van der Waals surface area contributed by atoms with Gasteiger partial charge in [0.1, 0.15) is 5.82 Å². The number of carbonyl (C=O) groups is 2. The van der Waals surface area contributed by atoms with E-state index in [-0.39, 0.29) is 17.6 Å². The molecule has 0 aromatic heterocycles. The smallest absolute Gasteiger partial charge is 0.224 e. The average Bonchev–Trinajstić information content (AvgIpc) is 2.68. The van der Waals surface area contributed by atoms with Crippen molar-refractivity contribution in [2.45, 2.75) is 13.3 Å². The average molecular weight is 384 g/mol. The van der Waals surface area contributed by atoms with Crippen LogP contribution >= 0.6 is 0 Å². The van der Waals surface area contributed by atoms with Gasteiger partial charge in [0.2, 0.25) is 11.8 Å². The molecule has 1 saturated heterocycles. The number of carbonyl (C=O) groups excluding carboxylic acids is 2. The van der Waals surface area contributed by atoms with Crippen molar-refractivity contribution in [2.75, 3.05) is 48.3 Å². The molecule has 0 saturated carbocycles. The number of nitrogens with zero attached hydrogens (tertiary/aromatic N) is 2. The number of amides is 2. The van der Waals surface area contributed by atoms with Gasteiger partial charge in [-0.3, -0.25) is 9.59 Å². The van der Waals surface area contributed by atoms with E-state index in [1.54, 1.807) is 12.1 Å². The third-order valence-electron chi connectivity index (χ3n) is 4.68. The molecule has 2 amide bonds. The maximum atomic E-state index is 13.0. The minimum atomic E-state index is -0.243. The molecule has 148 valence electrons. The molecule has 2 aromatic rings. The van der Waals surface area contributed by atoms with Crippen molar-refractivity contribution in [1.29, 1.82) is 0 Å². The largest absolute Gasteiger partial charge is 0.384 e. The number of hydrogen-bond donors (Lipinski definition) is 2. The quantitative estimate of drug-likeness (QED) is 0.804. The molecule has 2 aromatic carbocycles. The number of rotatable bonds is 6. The summed E-state index contributed by atoms with van der Waals surface area (Å²) in [5, 5.41) is 5.96. The molecule has 0 spiro atoms. The number of benzene rings is 2. The Morgan fingerprint density at radius 3 is 2.36 bits per heavy atom. The zero-order chi connectivity index (χ0) is 19.9. The number of nitrogens with one attached hydrogen (secondary N) is 2. The first-order valence-corrected chi connectivity index (χ1v) is 9.41. The SMILES string of the molecule is CC(=O)Nc1cccc(NCCC(=O)N2CCN(c3ccc(F)cc3)CC2)c1. The van der Waals surface area contributed by atoms with Gasteiger partial charge in [-0.25, -0.2) is 4.39 Å². The van der Waals surface area contributed by atoms with Gasteiger partial charge in [0.15, 0.2) is 0 Å². The molecule has 0 aliphatic carbocycles. The molecule has 28 heavy (non-hydrogen) atoms. The summed E-state index contributed by atoms with van der Waals surface area (Å²) in [7, 11) is 0. The van der Waals surface area contributed by atoms with Crippen molar-refractivity contribution in [3.63, 3.8) is 0 Å². The maximum absolute atomic E-state index is 13.0. The van der Waals surface area contributed by atoms with E-state index >= 15 is 0 Å². The van der Waals surface area contributed by atoms with Crippen LogP contribution in [0.5, 0.6) is 0 Å². The lowest BCUT2D eigenvalue weighted by Crippen LogP contribution is -2.49. The van der Waals surface area contributed by atoms with E-state index in [1.807, 2.05) is 29.2 Å². The van der Waals surface area contributed by atoms with E-state index < -0.39 is 0 Å². The van der Waals surface area contributed by atoms with Crippen LogP contribution in [0.15, 0.2) is 48.5 Å². The molecule has 1 aliphatic heterocycles. The zero-order valence-electron chi connectivity index (χ0n) is 16.0. The second-order valence-corrected chi connectivity index (χ2v) is 6.78. The lowest BCUT2D eigenvalue weighted by molar-refractivity contribution is -0.131. The first-order chi connectivity index (χ1) is 13.5. The lowest BCUT2D eigenvalue weighted by Gasteiger charge is -2.36. The molecule has 2 N–H and O–H groups in total. The Hall–Kier alpha value is -3.09. The van der Waals surface area contributed by atoms with E-state index in [2.05, 4.69) is 15.5 Å². The van der Waals surface area contributed by atoms with E-state index in [9.17, 15) is 14.0 Å². The topological polar surface area (TPSA) is 64.7 Å². The van der Waals surface area contributed by atoms with Crippen molar-refractivity contribution in [1.82, 2.24) is 4.90 Å². The number of hydrogen-bond acceptors (Lipinski definition) is 4. The molecule has 0 radical (unpaired) electrons. The second-order valence-electron chi connectivity index (χ2n) is 6.78. The molecule has 6 nitrogen and oxygen atoms in total. The van der Waals surface area contributed by atoms with E-state index in [0.29, 0.717) is 26.1 Å². The summed E-state index contributed by atoms with van der Waals surface area (Å²) in [4.78, 5) is 27.6. The minimum absolute atomic E-state index is 0.115. The summed E-state index contributed by atoms with van der Waals surface area (Å²) >= 11 is 0. The summed E-state index contributed by atoms with van der Waals surface area (Å²) in [6.45, 7) is 4.80. The van der Waals surface area contributed by atoms with Gasteiger partial charge in [0.25, 0.3) is 0 Å². The van der Waals surface area contributed by atoms with Crippen LogP contribution in [0.25, 0.3) is 0 Å². The summed E-state index contributed by atoms with van der Waals surface area (Å²) in [5.74, 6) is -0.246. The van der Waals surface area contributed by atoms with E-state index in [0.717, 1.165) is 30.2 Å². The van der Waals surface area contributed by atoms with Crippen LogP contribution in [0.3, 0.4) is 0 Å². The summed E-state index contributed by atoms with van der Waals surface area (Å²) in [5.41, 5.74) is 2.56. The van der Waals surface area contributed by atoms with Gasteiger partial charge in [-0.05, 0) is 42.5 Å². The van der Waals surface area contributed by atoms with Crippen LogP contribution in [0.1, 0.15) is 13.3 Å². The molecule has 1 aliphatic rings.